The minimum absolute atomic E-state index is 0.348. The number of hydrogen-bond donors (Lipinski definition) is 0. The van der Waals surface area contributed by atoms with Crippen LogP contribution in [0.5, 0.6) is 5.75 Å². The summed E-state index contributed by atoms with van der Waals surface area (Å²) in [5, 5.41) is 10.2. The molecule has 0 amide bonds. The lowest BCUT2D eigenvalue weighted by molar-refractivity contribution is 0.198. The fourth-order valence-electron chi connectivity index (χ4n) is 2.17. The number of rotatable bonds is 1. The lowest BCUT2D eigenvalue weighted by Gasteiger charge is -2.39. The van der Waals surface area contributed by atoms with Gasteiger partial charge in [-0.2, -0.15) is 5.26 Å². The van der Waals surface area contributed by atoms with E-state index >= 15 is 0 Å². The Hall–Kier alpha value is -1.50. The van der Waals surface area contributed by atoms with Crippen molar-refractivity contribution in [3.05, 3.63) is 40.9 Å². The monoisotopic (exact) mass is 248 g/mol. The Bertz CT molecular complexity index is 519. The maximum absolute atomic E-state index is 9.57. The molecule has 1 aliphatic rings. The first kappa shape index (κ1) is 12.0. The van der Waals surface area contributed by atoms with Gasteiger partial charge in [-0.3, -0.25) is 4.90 Å². The fraction of sp³-hybridized carbons (Fsp3) is 0.308. The summed E-state index contributed by atoms with van der Waals surface area (Å²) in [5.74, 6) is 0.692. The van der Waals surface area contributed by atoms with Gasteiger partial charge >= 0.3 is 0 Å². The van der Waals surface area contributed by atoms with Crippen LogP contribution >= 0.6 is 11.6 Å². The Labute approximate surface area is 106 Å². The molecule has 2 rings (SSSR count). The number of nitrogens with zero attached hydrogens (tertiary/aromatic N) is 2. The van der Waals surface area contributed by atoms with Crippen molar-refractivity contribution in [2.75, 3.05) is 20.7 Å². The molecule has 1 atom stereocenters. The Morgan fingerprint density at radius 1 is 1.53 bits per heavy atom. The average Bonchev–Trinajstić information content (AvgIpc) is 2.29. The van der Waals surface area contributed by atoms with Gasteiger partial charge < -0.3 is 4.74 Å². The third-order valence-corrected chi connectivity index (χ3v) is 3.31. The van der Waals surface area contributed by atoms with E-state index in [1.54, 1.807) is 18.2 Å². The highest BCUT2D eigenvalue weighted by Gasteiger charge is 2.43. The molecule has 1 aliphatic heterocycles. The molecule has 1 aromatic rings. The maximum atomic E-state index is 9.57. The summed E-state index contributed by atoms with van der Waals surface area (Å²) in [6.45, 7) is 4.30. The Morgan fingerprint density at radius 3 is 2.82 bits per heavy atom. The summed E-state index contributed by atoms with van der Waals surface area (Å²) < 4.78 is 5.56. The Balaban J connectivity index is 2.73. The standard InChI is InChI=1S/C13H13ClN2O/c1-9-7-17-12-5-4-10(14)6-11(12)13(9,8-15)16(2)3/h4-6H,1,7H2,2-3H3. The number of benzene rings is 1. The second kappa shape index (κ2) is 4.06. The largest absolute Gasteiger partial charge is 0.489 e. The molecule has 1 aromatic carbocycles. The number of ether oxygens (including phenoxy) is 1. The number of fused-ring (bicyclic) bond motifs is 1. The van der Waals surface area contributed by atoms with Crippen molar-refractivity contribution in [1.82, 2.24) is 4.90 Å². The quantitative estimate of drug-likeness (QED) is 0.717. The van der Waals surface area contributed by atoms with Crippen LogP contribution in [-0.2, 0) is 5.54 Å². The fourth-order valence-corrected chi connectivity index (χ4v) is 2.34. The van der Waals surface area contributed by atoms with Gasteiger partial charge in [0, 0.05) is 10.6 Å². The molecule has 0 N–H and O–H groups in total. The van der Waals surface area contributed by atoms with Crippen molar-refractivity contribution in [1.29, 1.82) is 5.26 Å². The van der Waals surface area contributed by atoms with Gasteiger partial charge in [0.1, 0.15) is 12.4 Å². The van der Waals surface area contributed by atoms with Crippen molar-refractivity contribution >= 4 is 11.6 Å². The van der Waals surface area contributed by atoms with E-state index in [0.29, 0.717) is 17.4 Å². The highest BCUT2D eigenvalue weighted by atomic mass is 35.5. The normalized spacial score (nSPS) is 22.9. The van der Waals surface area contributed by atoms with Crippen LogP contribution in [0.3, 0.4) is 0 Å². The van der Waals surface area contributed by atoms with Crippen molar-refractivity contribution < 1.29 is 4.74 Å². The summed E-state index contributed by atoms with van der Waals surface area (Å²) in [6, 6.07) is 7.65. The number of halogens is 1. The van der Waals surface area contributed by atoms with Gasteiger partial charge in [0.05, 0.1) is 6.07 Å². The first-order valence-corrected chi connectivity index (χ1v) is 5.60. The van der Waals surface area contributed by atoms with Gasteiger partial charge in [0.15, 0.2) is 5.54 Å². The molecule has 0 aromatic heterocycles. The topological polar surface area (TPSA) is 36.3 Å². The molecule has 0 spiro atoms. The maximum Gasteiger partial charge on any atom is 0.162 e. The lowest BCUT2D eigenvalue weighted by Crippen LogP contribution is -2.45. The SMILES string of the molecule is C=C1COc2ccc(Cl)cc2C1(C#N)N(C)C. The second-order valence-electron chi connectivity index (χ2n) is 4.25. The van der Waals surface area contributed by atoms with Gasteiger partial charge in [-0.1, -0.05) is 18.2 Å². The molecule has 0 aliphatic carbocycles. The van der Waals surface area contributed by atoms with Gasteiger partial charge in [-0.05, 0) is 37.9 Å². The molecule has 1 heterocycles. The molecule has 0 fully saturated rings. The zero-order valence-corrected chi connectivity index (χ0v) is 10.6. The highest BCUT2D eigenvalue weighted by molar-refractivity contribution is 6.30. The Kier molecular flexibility index (Phi) is 2.86. The molecule has 0 bridgehead atoms. The number of hydrogen-bond acceptors (Lipinski definition) is 3. The van der Waals surface area contributed by atoms with E-state index in [-0.39, 0.29) is 0 Å². The van der Waals surface area contributed by atoms with E-state index < -0.39 is 5.54 Å². The van der Waals surface area contributed by atoms with E-state index in [1.807, 2.05) is 19.0 Å². The van der Waals surface area contributed by atoms with E-state index in [2.05, 4.69) is 12.6 Å². The van der Waals surface area contributed by atoms with Crippen LogP contribution in [0, 0.1) is 11.3 Å². The lowest BCUT2D eigenvalue weighted by atomic mass is 9.81. The van der Waals surface area contributed by atoms with Gasteiger partial charge in [-0.15, -0.1) is 0 Å². The first-order chi connectivity index (χ1) is 8.02. The minimum Gasteiger partial charge on any atom is -0.489 e. The third-order valence-electron chi connectivity index (χ3n) is 3.08. The molecule has 17 heavy (non-hydrogen) atoms. The summed E-state index contributed by atoms with van der Waals surface area (Å²) >= 11 is 6.00. The van der Waals surface area contributed by atoms with Crippen LogP contribution in [0.2, 0.25) is 5.02 Å². The molecular weight excluding hydrogens is 236 g/mol. The molecule has 4 heteroatoms. The molecule has 0 saturated heterocycles. The van der Waals surface area contributed by atoms with Gasteiger partial charge in [0.2, 0.25) is 0 Å². The van der Waals surface area contributed by atoms with Crippen LogP contribution in [0.15, 0.2) is 30.4 Å². The Morgan fingerprint density at radius 2 is 2.24 bits per heavy atom. The number of nitriles is 1. The first-order valence-electron chi connectivity index (χ1n) is 5.22. The summed E-state index contributed by atoms with van der Waals surface area (Å²) in [4.78, 5) is 1.84. The second-order valence-corrected chi connectivity index (χ2v) is 4.69. The average molecular weight is 249 g/mol. The molecule has 3 nitrogen and oxygen atoms in total. The number of likely N-dealkylation sites (N-methyl/N-ethyl adjacent to an activating group) is 1. The van der Waals surface area contributed by atoms with Gasteiger partial charge in [-0.25, -0.2) is 0 Å². The van der Waals surface area contributed by atoms with E-state index in [1.165, 1.54) is 0 Å². The van der Waals surface area contributed by atoms with E-state index in [9.17, 15) is 5.26 Å². The molecule has 88 valence electrons. The van der Waals surface area contributed by atoms with Crippen molar-refractivity contribution in [3.8, 4) is 11.8 Å². The molecule has 0 saturated carbocycles. The van der Waals surface area contributed by atoms with Crippen molar-refractivity contribution in [2.24, 2.45) is 0 Å². The van der Waals surface area contributed by atoms with Crippen LogP contribution in [0.1, 0.15) is 5.56 Å². The predicted octanol–water partition coefficient (Wildman–Crippen LogP) is 2.57. The molecule has 0 radical (unpaired) electrons. The third kappa shape index (κ3) is 1.61. The summed E-state index contributed by atoms with van der Waals surface area (Å²) in [6.07, 6.45) is 0. The molecule has 1 unspecified atom stereocenters. The van der Waals surface area contributed by atoms with Crippen LogP contribution in [-0.4, -0.2) is 25.6 Å². The van der Waals surface area contributed by atoms with E-state index in [0.717, 1.165) is 11.1 Å². The molecular formula is C13H13ClN2O. The van der Waals surface area contributed by atoms with Crippen molar-refractivity contribution in [2.45, 2.75) is 5.54 Å². The zero-order chi connectivity index (χ0) is 12.6. The van der Waals surface area contributed by atoms with Gasteiger partial charge in [0.25, 0.3) is 0 Å². The zero-order valence-electron chi connectivity index (χ0n) is 9.83. The summed E-state index contributed by atoms with van der Waals surface area (Å²) in [5.41, 5.74) is 0.617. The van der Waals surface area contributed by atoms with Crippen LogP contribution < -0.4 is 4.74 Å². The summed E-state index contributed by atoms with van der Waals surface area (Å²) in [7, 11) is 3.70. The predicted molar refractivity (Wildman–Crippen MR) is 67.1 cm³/mol. The smallest absolute Gasteiger partial charge is 0.162 e. The highest BCUT2D eigenvalue weighted by Crippen LogP contribution is 2.43. The van der Waals surface area contributed by atoms with Crippen molar-refractivity contribution in [3.63, 3.8) is 0 Å². The van der Waals surface area contributed by atoms with E-state index in [4.69, 9.17) is 16.3 Å². The van der Waals surface area contributed by atoms with Crippen LogP contribution in [0.25, 0.3) is 0 Å². The van der Waals surface area contributed by atoms with Crippen LogP contribution in [0.4, 0.5) is 0 Å². The minimum atomic E-state index is -0.863.